The predicted molar refractivity (Wildman–Crippen MR) is 98.3 cm³/mol. The van der Waals surface area contributed by atoms with Crippen LogP contribution < -0.4 is 0 Å². The van der Waals surface area contributed by atoms with Crippen molar-refractivity contribution in [2.24, 2.45) is 11.3 Å². The highest BCUT2D eigenvalue weighted by molar-refractivity contribution is 5.97. The number of alkyl halides is 2. The highest BCUT2D eigenvalue weighted by Crippen LogP contribution is 2.44. The number of carbonyl (C=O) groups is 2. The second kappa shape index (κ2) is 6.74. The average molecular weight is 406 g/mol. The first-order chi connectivity index (χ1) is 13.9. The molecule has 29 heavy (non-hydrogen) atoms. The van der Waals surface area contributed by atoms with Crippen molar-refractivity contribution in [3.63, 3.8) is 0 Å². The molecule has 6 nitrogen and oxygen atoms in total. The number of piperidine rings is 1. The maximum absolute atomic E-state index is 13.5. The molecule has 0 spiro atoms. The Morgan fingerprint density at radius 2 is 1.86 bits per heavy atom. The van der Waals surface area contributed by atoms with Crippen molar-refractivity contribution in [2.75, 3.05) is 39.4 Å². The molecule has 0 aromatic heterocycles. The molecule has 2 amide bonds. The minimum Gasteiger partial charge on any atom is -0.380 e. The summed E-state index contributed by atoms with van der Waals surface area (Å²) in [5.41, 5.74) is 1.75. The summed E-state index contributed by atoms with van der Waals surface area (Å²) in [6.07, 6.45) is -0.613. The van der Waals surface area contributed by atoms with Gasteiger partial charge in [0, 0.05) is 50.5 Å². The quantitative estimate of drug-likeness (QED) is 0.755. The summed E-state index contributed by atoms with van der Waals surface area (Å²) in [5, 5.41) is 0. The zero-order valence-corrected chi connectivity index (χ0v) is 16.2. The zero-order chi connectivity index (χ0) is 20.2. The van der Waals surface area contributed by atoms with E-state index in [1.807, 2.05) is 18.2 Å². The maximum Gasteiger partial charge on any atom is 0.254 e. The summed E-state index contributed by atoms with van der Waals surface area (Å²) in [4.78, 5) is 29.9. The van der Waals surface area contributed by atoms with Crippen LogP contribution in [0.2, 0.25) is 0 Å². The lowest BCUT2D eigenvalue weighted by molar-refractivity contribution is -0.148. The lowest BCUT2D eigenvalue weighted by atomic mass is 9.79. The SMILES string of the molecule is O=C(c1cccc2c1COC2)N1C[C@H]2COC[C@@]2(C(=O)N2CCC(F)(F)CC2)C1. The molecule has 4 heterocycles. The topological polar surface area (TPSA) is 59.1 Å². The fourth-order valence-corrected chi connectivity index (χ4v) is 5.12. The molecule has 4 aliphatic heterocycles. The summed E-state index contributed by atoms with van der Waals surface area (Å²) in [6, 6.07) is 5.63. The van der Waals surface area contributed by atoms with E-state index >= 15 is 0 Å². The highest BCUT2D eigenvalue weighted by atomic mass is 19.3. The number of hydrogen-bond donors (Lipinski definition) is 0. The highest BCUT2D eigenvalue weighted by Gasteiger charge is 2.58. The van der Waals surface area contributed by atoms with Crippen LogP contribution in [-0.4, -0.2) is 66.9 Å². The molecule has 3 fully saturated rings. The van der Waals surface area contributed by atoms with E-state index in [0.29, 0.717) is 31.9 Å². The predicted octanol–water partition coefficient (Wildman–Crippen LogP) is 2.06. The van der Waals surface area contributed by atoms with Gasteiger partial charge in [-0.1, -0.05) is 12.1 Å². The first kappa shape index (κ1) is 18.9. The zero-order valence-electron chi connectivity index (χ0n) is 16.2. The van der Waals surface area contributed by atoms with Crippen LogP contribution in [-0.2, 0) is 27.5 Å². The van der Waals surface area contributed by atoms with Crippen molar-refractivity contribution in [1.82, 2.24) is 9.80 Å². The van der Waals surface area contributed by atoms with Crippen LogP contribution in [0.15, 0.2) is 18.2 Å². The van der Waals surface area contributed by atoms with Gasteiger partial charge in [0.1, 0.15) is 0 Å². The standard InChI is InChI=1S/C21H24F2N2O4/c22-21(23)4-6-24(7-5-21)19(27)20-12-25(8-15(20)10-29-13-20)18(26)16-3-1-2-14-9-28-11-17(14)16/h1-3,15H,4-13H2/t15-,20-/m0/s1. The molecule has 0 unspecified atom stereocenters. The van der Waals surface area contributed by atoms with Gasteiger partial charge in [0.2, 0.25) is 5.91 Å². The van der Waals surface area contributed by atoms with Gasteiger partial charge in [-0.2, -0.15) is 0 Å². The molecule has 0 radical (unpaired) electrons. The maximum atomic E-state index is 13.5. The fourth-order valence-electron chi connectivity index (χ4n) is 5.12. The summed E-state index contributed by atoms with van der Waals surface area (Å²) < 4.78 is 38.2. The van der Waals surface area contributed by atoms with Crippen LogP contribution in [0.3, 0.4) is 0 Å². The molecule has 1 aromatic rings. The van der Waals surface area contributed by atoms with Gasteiger partial charge in [-0.05, 0) is 17.2 Å². The van der Waals surface area contributed by atoms with E-state index in [9.17, 15) is 18.4 Å². The Balaban J connectivity index is 1.37. The molecule has 1 aromatic carbocycles. The Bertz CT molecular complexity index is 851. The van der Waals surface area contributed by atoms with Crippen molar-refractivity contribution in [3.8, 4) is 0 Å². The van der Waals surface area contributed by atoms with E-state index in [-0.39, 0.29) is 56.8 Å². The third-order valence-electron chi connectivity index (χ3n) is 6.88. The van der Waals surface area contributed by atoms with E-state index in [4.69, 9.17) is 9.47 Å². The Morgan fingerprint density at radius 3 is 2.66 bits per heavy atom. The third-order valence-corrected chi connectivity index (χ3v) is 6.88. The van der Waals surface area contributed by atoms with Gasteiger partial charge in [-0.25, -0.2) is 8.78 Å². The Labute approximate surface area is 167 Å². The molecular weight excluding hydrogens is 382 g/mol. The minimum atomic E-state index is -2.70. The van der Waals surface area contributed by atoms with Crippen LogP contribution in [0, 0.1) is 11.3 Å². The van der Waals surface area contributed by atoms with Crippen LogP contribution in [0.4, 0.5) is 8.78 Å². The summed E-state index contributed by atoms with van der Waals surface area (Å²) in [6.45, 7) is 2.40. The van der Waals surface area contributed by atoms with E-state index < -0.39 is 11.3 Å². The monoisotopic (exact) mass is 406 g/mol. The molecular formula is C21H24F2N2O4. The normalized spacial score (nSPS) is 30.3. The average Bonchev–Trinajstić information content (AvgIpc) is 3.40. The van der Waals surface area contributed by atoms with Gasteiger partial charge in [0.15, 0.2) is 0 Å². The number of hydrogen-bond acceptors (Lipinski definition) is 4. The van der Waals surface area contributed by atoms with Gasteiger partial charge in [-0.3, -0.25) is 9.59 Å². The summed E-state index contributed by atoms with van der Waals surface area (Å²) in [7, 11) is 0. The number of amides is 2. The van der Waals surface area contributed by atoms with Crippen molar-refractivity contribution in [2.45, 2.75) is 32.0 Å². The lowest BCUT2D eigenvalue weighted by Gasteiger charge is -2.37. The molecule has 4 aliphatic rings. The van der Waals surface area contributed by atoms with E-state index in [1.54, 1.807) is 9.80 Å². The minimum absolute atomic E-state index is 0.0534. The number of likely N-dealkylation sites (tertiary alicyclic amines) is 2. The summed E-state index contributed by atoms with van der Waals surface area (Å²) >= 11 is 0. The molecule has 8 heteroatoms. The number of ether oxygens (including phenoxy) is 2. The molecule has 3 saturated heterocycles. The van der Waals surface area contributed by atoms with Gasteiger partial charge in [0.25, 0.3) is 11.8 Å². The molecule has 5 rings (SSSR count). The molecule has 0 aliphatic carbocycles. The molecule has 0 saturated carbocycles. The number of nitrogens with zero attached hydrogens (tertiary/aromatic N) is 2. The molecule has 0 N–H and O–H groups in total. The van der Waals surface area contributed by atoms with E-state index in [1.165, 1.54) is 0 Å². The van der Waals surface area contributed by atoms with E-state index in [0.717, 1.165) is 11.1 Å². The smallest absolute Gasteiger partial charge is 0.254 e. The van der Waals surface area contributed by atoms with Crippen LogP contribution in [0.25, 0.3) is 0 Å². The fraction of sp³-hybridized carbons (Fsp3) is 0.619. The van der Waals surface area contributed by atoms with Crippen LogP contribution in [0.5, 0.6) is 0 Å². The Kier molecular flexibility index (Phi) is 4.40. The van der Waals surface area contributed by atoms with Crippen molar-refractivity contribution >= 4 is 11.8 Å². The number of halogens is 2. The second-order valence-electron chi connectivity index (χ2n) is 8.64. The first-order valence-corrected chi connectivity index (χ1v) is 10.1. The Morgan fingerprint density at radius 1 is 1.07 bits per heavy atom. The number of fused-ring (bicyclic) bond motifs is 2. The third kappa shape index (κ3) is 3.04. The van der Waals surface area contributed by atoms with E-state index in [2.05, 4.69) is 0 Å². The number of rotatable bonds is 2. The summed E-state index contributed by atoms with van der Waals surface area (Å²) in [5.74, 6) is -3.05. The lowest BCUT2D eigenvalue weighted by Crippen LogP contribution is -2.52. The largest absolute Gasteiger partial charge is 0.380 e. The number of benzene rings is 1. The molecule has 156 valence electrons. The van der Waals surface area contributed by atoms with Crippen molar-refractivity contribution in [1.29, 1.82) is 0 Å². The van der Waals surface area contributed by atoms with Crippen molar-refractivity contribution < 1.29 is 27.8 Å². The Hall–Kier alpha value is -2.06. The van der Waals surface area contributed by atoms with Gasteiger partial charge < -0.3 is 19.3 Å². The van der Waals surface area contributed by atoms with Gasteiger partial charge >= 0.3 is 0 Å². The van der Waals surface area contributed by atoms with Crippen LogP contribution >= 0.6 is 0 Å². The molecule has 0 bridgehead atoms. The van der Waals surface area contributed by atoms with Gasteiger partial charge in [0.05, 0.1) is 31.8 Å². The van der Waals surface area contributed by atoms with Crippen LogP contribution in [0.1, 0.15) is 34.3 Å². The first-order valence-electron chi connectivity index (χ1n) is 10.1. The second-order valence-corrected chi connectivity index (χ2v) is 8.64. The molecule has 2 atom stereocenters. The number of carbonyl (C=O) groups excluding carboxylic acids is 2. The van der Waals surface area contributed by atoms with Crippen molar-refractivity contribution in [3.05, 3.63) is 34.9 Å². The van der Waals surface area contributed by atoms with Gasteiger partial charge in [-0.15, -0.1) is 0 Å².